The van der Waals surface area contributed by atoms with Gasteiger partial charge in [-0.05, 0) is 51.0 Å². The Morgan fingerprint density at radius 2 is 2.00 bits per heavy atom. The minimum atomic E-state index is -2.80. The van der Waals surface area contributed by atoms with Crippen molar-refractivity contribution in [1.29, 1.82) is 0 Å². The normalized spacial score (nSPS) is 35.4. The van der Waals surface area contributed by atoms with Crippen molar-refractivity contribution < 1.29 is 8.42 Å². The van der Waals surface area contributed by atoms with E-state index in [0.717, 1.165) is 38.6 Å². The number of rotatable bonds is 4. The zero-order chi connectivity index (χ0) is 13.9. The number of hydrogen-bond acceptors (Lipinski definition) is 3. The molecule has 0 amide bonds. The molecule has 2 unspecified atom stereocenters. The van der Waals surface area contributed by atoms with Crippen LogP contribution in [0, 0.1) is 5.92 Å². The van der Waals surface area contributed by atoms with Crippen molar-refractivity contribution in [2.24, 2.45) is 5.92 Å². The first-order valence-electron chi connectivity index (χ1n) is 7.93. The van der Waals surface area contributed by atoms with E-state index in [1.54, 1.807) is 0 Å². The summed E-state index contributed by atoms with van der Waals surface area (Å²) in [5.74, 6) is 0.999. The largest absolute Gasteiger partial charge is 0.311 e. The topological polar surface area (TPSA) is 46.2 Å². The molecule has 4 heteroatoms. The van der Waals surface area contributed by atoms with E-state index in [2.05, 4.69) is 19.2 Å². The minimum Gasteiger partial charge on any atom is -0.311 e. The van der Waals surface area contributed by atoms with E-state index in [-0.39, 0.29) is 10.8 Å². The summed E-state index contributed by atoms with van der Waals surface area (Å²) < 4.78 is 24.2. The van der Waals surface area contributed by atoms with Crippen molar-refractivity contribution in [2.45, 2.75) is 76.0 Å². The first-order valence-corrected chi connectivity index (χ1v) is 9.64. The lowest BCUT2D eigenvalue weighted by Gasteiger charge is -2.43. The first-order chi connectivity index (χ1) is 8.96. The fourth-order valence-corrected chi connectivity index (χ4v) is 5.69. The predicted octanol–water partition coefficient (Wildman–Crippen LogP) is 2.90. The maximum atomic E-state index is 12.1. The van der Waals surface area contributed by atoms with Gasteiger partial charge in [0.15, 0.2) is 9.84 Å². The third-order valence-corrected chi connectivity index (χ3v) is 7.60. The Kier molecular flexibility index (Phi) is 4.93. The smallest absolute Gasteiger partial charge is 0.153 e. The second kappa shape index (κ2) is 6.13. The molecule has 0 radical (unpaired) electrons. The molecule has 19 heavy (non-hydrogen) atoms. The van der Waals surface area contributed by atoms with Crippen molar-refractivity contribution in [3.05, 3.63) is 0 Å². The van der Waals surface area contributed by atoms with E-state index < -0.39 is 9.84 Å². The molecule has 0 aromatic carbocycles. The zero-order valence-electron chi connectivity index (χ0n) is 12.5. The molecular formula is C15H29NO2S. The zero-order valence-corrected chi connectivity index (χ0v) is 13.3. The molecule has 0 spiro atoms. The fraction of sp³-hybridized carbons (Fsp3) is 1.00. The van der Waals surface area contributed by atoms with Crippen LogP contribution in [-0.2, 0) is 9.84 Å². The molecule has 1 N–H and O–H groups in total. The van der Waals surface area contributed by atoms with E-state index in [1.165, 1.54) is 19.3 Å². The van der Waals surface area contributed by atoms with Crippen LogP contribution in [0.1, 0.15) is 65.2 Å². The van der Waals surface area contributed by atoms with Gasteiger partial charge in [-0.25, -0.2) is 8.42 Å². The molecule has 0 aromatic heterocycles. The lowest BCUT2D eigenvalue weighted by Crippen LogP contribution is -2.53. The third kappa shape index (κ3) is 3.52. The highest BCUT2D eigenvalue weighted by Crippen LogP contribution is 2.34. The third-order valence-electron chi connectivity index (χ3n) is 5.26. The average molecular weight is 287 g/mol. The van der Waals surface area contributed by atoms with E-state index in [0.29, 0.717) is 11.7 Å². The number of hydrogen-bond donors (Lipinski definition) is 1. The van der Waals surface area contributed by atoms with E-state index >= 15 is 0 Å². The average Bonchev–Trinajstić information content (AvgIpc) is 2.38. The van der Waals surface area contributed by atoms with Gasteiger partial charge in [-0.2, -0.15) is 0 Å². The Hall–Kier alpha value is -0.0900. The number of sulfone groups is 1. The Balaban J connectivity index is 1.98. The molecule has 0 bridgehead atoms. The van der Waals surface area contributed by atoms with Gasteiger partial charge in [-0.1, -0.05) is 26.7 Å². The SMILES string of the molecule is CC(C)C1(CCC2CCCCS2(=O)=O)CCCCN1. The van der Waals surface area contributed by atoms with Crippen LogP contribution in [0.4, 0.5) is 0 Å². The van der Waals surface area contributed by atoms with Gasteiger partial charge in [0, 0.05) is 5.54 Å². The Morgan fingerprint density at radius 1 is 1.21 bits per heavy atom. The van der Waals surface area contributed by atoms with Gasteiger partial charge in [0.05, 0.1) is 11.0 Å². The molecule has 3 nitrogen and oxygen atoms in total. The monoisotopic (exact) mass is 287 g/mol. The molecule has 112 valence electrons. The standard InChI is InChI=1S/C15H29NO2S/c1-13(2)15(9-4-5-11-16-15)10-8-14-7-3-6-12-19(14,17)18/h13-14,16H,3-12H2,1-2H3. The van der Waals surface area contributed by atoms with Crippen LogP contribution in [0.3, 0.4) is 0 Å². The summed E-state index contributed by atoms with van der Waals surface area (Å²) in [6.07, 6.45) is 8.47. The molecule has 0 aliphatic carbocycles. The summed E-state index contributed by atoms with van der Waals surface area (Å²) in [5.41, 5.74) is 0.186. The maximum absolute atomic E-state index is 12.1. The van der Waals surface area contributed by atoms with Gasteiger partial charge < -0.3 is 5.32 Å². The van der Waals surface area contributed by atoms with Crippen molar-refractivity contribution in [2.75, 3.05) is 12.3 Å². The van der Waals surface area contributed by atoms with E-state index in [9.17, 15) is 8.42 Å². The first kappa shape index (κ1) is 15.3. The Labute approximate surface area is 118 Å². The molecule has 2 aliphatic rings. The summed E-state index contributed by atoms with van der Waals surface area (Å²) in [5, 5.41) is 3.64. The van der Waals surface area contributed by atoms with Gasteiger partial charge in [0.1, 0.15) is 0 Å². The molecule has 2 atom stereocenters. The van der Waals surface area contributed by atoms with Crippen LogP contribution in [0.2, 0.25) is 0 Å². The molecule has 2 fully saturated rings. The molecule has 2 saturated heterocycles. The lowest BCUT2D eigenvalue weighted by atomic mass is 9.75. The summed E-state index contributed by atoms with van der Waals surface area (Å²) in [6.45, 7) is 5.64. The number of piperidine rings is 1. The summed E-state index contributed by atoms with van der Waals surface area (Å²) in [7, 11) is -2.80. The van der Waals surface area contributed by atoms with Gasteiger partial charge in [0.25, 0.3) is 0 Å². The molecule has 0 aromatic rings. The summed E-state index contributed by atoms with van der Waals surface area (Å²) in [6, 6.07) is 0. The van der Waals surface area contributed by atoms with Crippen LogP contribution < -0.4 is 5.32 Å². The summed E-state index contributed by atoms with van der Waals surface area (Å²) >= 11 is 0. The van der Waals surface area contributed by atoms with Crippen LogP contribution in [0.25, 0.3) is 0 Å². The molecule has 2 heterocycles. The lowest BCUT2D eigenvalue weighted by molar-refractivity contribution is 0.165. The highest BCUT2D eigenvalue weighted by atomic mass is 32.2. The second-order valence-corrected chi connectivity index (χ2v) is 9.12. The minimum absolute atomic E-state index is 0.0689. The van der Waals surface area contributed by atoms with Crippen LogP contribution in [-0.4, -0.2) is 31.5 Å². The Morgan fingerprint density at radius 3 is 2.58 bits per heavy atom. The summed E-state index contributed by atoms with van der Waals surface area (Å²) in [4.78, 5) is 0. The van der Waals surface area contributed by atoms with Crippen LogP contribution in [0.5, 0.6) is 0 Å². The number of nitrogens with one attached hydrogen (secondary N) is 1. The van der Waals surface area contributed by atoms with E-state index in [4.69, 9.17) is 0 Å². The molecule has 2 rings (SSSR count). The van der Waals surface area contributed by atoms with Crippen molar-refractivity contribution in [3.63, 3.8) is 0 Å². The molecule has 2 aliphatic heterocycles. The molecular weight excluding hydrogens is 258 g/mol. The second-order valence-electron chi connectivity index (χ2n) is 6.72. The van der Waals surface area contributed by atoms with Crippen LogP contribution in [0.15, 0.2) is 0 Å². The maximum Gasteiger partial charge on any atom is 0.153 e. The molecule has 0 saturated carbocycles. The van der Waals surface area contributed by atoms with Gasteiger partial charge >= 0.3 is 0 Å². The van der Waals surface area contributed by atoms with Crippen LogP contribution >= 0.6 is 0 Å². The highest BCUT2D eigenvalue weighted by molar-refractivity contribution is 7.92. The quantitative estimate of drug-likeness (QED) is 0.865. The van der Waals surface area contributed by atoms with Crippen molar-refractivity contribution in [3.8, 4) is 0 Å². The van der Waals surface area contributed by atoms with Gasteiger partial charge in [0.2, 0.25) is 0 Å². The fourth-order valence-electron chi connectivity index (χ4n) is 3.75. The van der Waals surface area contributed by atoms with Gasteiger partial charge in [-0.3, -0.25) is 0 Å². The van der Waals surface area contributed by atoms with Crippen molar-refractivity contribution >= 4 is 9.84 Å². The predicted molar refractivity (Wildman–Crippen MR) is 80.1 cm³/mol. The van der Waals surface area contributed by atoms with E-state index in [1.807, 2.05) is 0 Å². The highest BCUT2D eigenvalue weighted by Gasteiger charge is 2.37. The Bertz CT molecular complexity index is 383. The van der Waals surface area contributed by atoms with Gasteiger partial charge in [-0.15, -0.1) is 0 Å². The van der Waals surface area contributed by atoms with Crippen molar-refractivity contribution in [1.82, 2.24) is 5.32 Å².